The minimum absolute atomic E-state index is 0.722. The average Bonchev–Trinajstić information content (AvgIpc) is 2.48. The van der Waals surface area contributed by atoms with Crippen molar-refractivity contribution in [3.63, 3.8) is 0 Å². The van der Waals surface area contributed by atoms with Crippen LogP contribution in [0.5, 0.6) is 5.75 Å². The van der Waals surface area contributed by atoms with Crippen LogP contribution in [0.15, 0.2) is 42.5 Å². The molecule has 2 aromatic rings. The van der Waals surface area contributed by atoms with Crippen LogP contribution in [0.3, 0.4) is 0 Å². The number of nitrogens with zero attached hydrogens (tertiary/aromatic N) is 1. The van der Waals surface area contributed by atoms with Crippen LogP contribution in [-0.4, -0.2) is 13.7 Å². The molecule has 112 valence electrons. The van der Waals surface area contributed by atoms with Crippen LogP contribution < -0.4 is 15.4 Å². The predicted molar refractivity (Wildman–Crippen MR) is 90.2 cm³/mol. The highest BCUT2D eigenvalue weighted by atomic mass is 35.5. The van der Waals surface area contributed by atoms with Crippen molar-refractivity contribution in [1.82, 2.24) is 0 Å². The molecule has 4 heteroatoms. The Hall–Kier alpha value is -1.87. The van der Waals surface area contributed by atoms with Crippen LogP contribution in [0.2, 0.25) is 5.02 Å². The Labute approximate surface area is 131 Å². The van der Waals surface area contributed by atoms with Crippen molar-refractivity contribution in [1.29, 1.82) is 0 Å². The number of ether oxygens (including phenoxy) is 1. The lowest BCUT2D eigenvalue weighted by Gasteiger charge is -2.25. The highest BCUT2D eigenvalue weighted by Crippen LogP contribution is 2.26. The Kier molecular flexibility index (Phi) is 5.34. The fourth-order valence-electron chi connectivity index (χ4n) is 2.33. The molecule has 0 heterocycles. The number of rotatable bonds is 6. The van der Waals surface area contributed by atoms with E-state index in [1.165, 1.54) is 0 Å². The van der Waals surface area contributed by atoms with Gasteiger partial charge < -0.3 is 15.4 Å². The van der Waals surface area contributed by atoms with E-state index in [1.54, 1.807) is 7.11 Å². The predicted octanol–water partition coefficient (Wildman–Crippen LogP) is 4.35. The molecule has 2 N–H and O–H groups in total. The van der Waals surface area contributed by atoms with Gasteiger partial charge in [-0.05, 0) is 48.9 Å². The van der Waals surface area contributed by atoms with E-state index in [9.17, 15) is 0 Å². The molecule has 0 spiro atoms. The molecule has 21 heavy (non-hydrogen) atoms. The van der Waals surface area contributed by atoms with E-state index in [1.807, 2.05) is 42.5 Å². The van der Waals surface area contributed by atoms with E-state index in [4.69, 9.17) is 22.1 Å². The molecular weight excluding hydrogens is 284 g/mol. The van der Waals surface area contributed by atoms with E-state index in [0.717, 1.165) is 47.2 Å². The molecule has 2 aromatic carbocycles. The summed E-state index contributed by atoms with van der Waals surface area (Å²) in [5.74, 6) is 0.857. The van der Waals surface area contributed by atoms with Crippen LogP contribution in [-0.2, 0) is 6.54 Å². The number of halogens is 1. The molecule has 2 rings (SSSR count). The number of methoxy groups -OCH3 is 1. The Bertz CT molecular complexity index is 584. The van der Waals surface area contributed by atoms with Gasteiger partial charge in [-0.1, -0.05) is 18.5 Å². The van der Waals surface area contributed by atoms with Gasteiger partial charge in [0.2, 0.25) is 0 Å². The molecule has 0 aliphatic heterocycles. The summed E-state index contributed by atoms with van der Waals surface area (Å²) in [6.45, 7) is 3.88. The molecule has 0 aliphatic rings. The van der Waals surface area contributed by atoms with E-state index < -0.39 is 0 Å². The fraction of sp³-hybridized carbons (Fsp3) is 0.294. The largest absolute Gasteiger partial charge is 0.496 e. The lowest BCUT2D eigenvalue weighted by atomic mass is 10.1. The quantitative estimate of drug-likeness (QED) is 0.806. The molecule has 0 bridgehead atoms. The molecule has 0 fully saturated rings. The molecular formula is C17H21ClN2O. The highest BCUT2D eigenvalue weighted by molar-refractivity contribution is 6.30. The Morgan fingerprint density at radius 2 is 1.86 bits per heavy atom. The first-order valence-electron chi connectivity index (χ1n) is 7.07. The van der Waals surface area contributed by atoms with Gasteiger partial charge in [0, 0.05) is 35.1 Å². The van der Waals surface area contributed by atoms with Crippen LogP contribution in [0.25, 0.3) is 0 Å². The van der Waals surface area contributed by atoms with Gasteiger partial charge in [0.15, 0.2) is 0 Å². The molecule has 0 aromatic heterocycles. The van der Waals surface area contributed by atoms with Gasteiger partial charge in [-0.2, -0.15) is 0 Å². The van der Waals surface area contributed by atoms with Crippen molar-refractivity contribution in [2.45, 2.75) is 19.9 Å². The molecule has 0 unspecified atom stereocenters. The monoisotopic (exact) mass is 304 g/mol. The normalized spacial score (nSPS) is 10.4. The van der Waals surface area contributed by atoms with E-state index in [0.29, 0.717) is 0 Å². The summed E-state index contributed by atoms with van der Waals surface area (Å²) in [5, 5.41) is 0.722. The number of anilines is 2. The summed E-state index contributed by atoms with van der Waals surface area (Å²) in [4.78, 5) is 2.30. The fourth-order valence-corrected chi connectivity index (χ4v) is 2.53. The Morgan fingerprint density at radius 1 is 1.14 bits per heavy atom. The first-order valence-corrected chi connectivity index (χ1v) is 7.44. The van der Waals surface area contributed by atoms with Crippen molar-refractivity contribution in [2.75, 3.05) is 24.3 Å². The summed E-state index contributed by atoms with van der Waals surface area (Å²) in [6, 6.07) is 13.6. The zero-order valence-corrected chi connectivity index (χ0v) is 13.2. The summed E-state index contributed by atoms with van der Waals surface area (Å²) in [5.41, 5.74) is 8.76. The van der Waals surface area contributed by atoms with Crippen molar-refractivity contribution in [2.24, 2.45) is 0 Å². The standard InChI is InChI=1S/C17H21ClN2O/c1-3-10-20(16-7-5-15(19)6-8-16)12-13-11-14(18)4-9-17(13)21-2/h4-9,11H,3,10,12,19H2,1-2H3. The van der Waals surface area contributed by atoms with Gasteiger partial charge in [0.05, 0.1) is 7.11 Å². The zero-order chi connectivity index (χ0) is 15.2. The van der Waals surface area contributed by atoms with Gasteiger partial charge in [0.1, 0.15) is 5.75 Å². The van der Waals surface area contributed by atoms with E-state index in [-0.39, 0.29) is 0 Å². The highest BCUT2D eigenvalue weighted by Gasteiger charge is 2.11. The van der Waals surface area contributed by atoms with Crippen LogP contribution in [0, 0.1) is 0 Å². The number of nitrogen functional groups attached to an aromatic ring is 1. The van der Waals surface area contributed by atoms with E-state index >= 15 is 0 Å². The second kappa shape index (κ2) is 7.23. The third-order valence-electron chi connectivity index (χ3n) is 3.36. The summed E-state index contributed by atoms with van der Waals surface area (Å²) < 4.78 is 5.43. The van der Waals surface area contributed by atoms with Gasteiger partial charge >= 0.3 is 0 Å². The molecule has 0 radical (unpaired) electrons. The molecule has 0 saturated heterocycles. The molecule has 0 aliphatic carbocycles. The van der Waals surface area contributed by atoms with Crippen molar-refractivity contribution < 1.29 is 4.74 Å². The topological polar surface area (TPSA) is 38.5 Å². The zero-order valence-electron chi connectivity index (χ0n) is 12.5. The molecule has 3 nitrogen and oxygen atoms in total. The Balaban J connectivity index is 2.27. The number of hydrogen-bond donors (Lipinski definition) is 1. The first-order chi connectivity index (χ1) is 10.1. The maximum absolute atomic E-state index is 6.11. The van der Waals surface area contributed by atoms with Crippen molar-refractivity contribution >= 4 is 23.0 Å². The lowest BCUT2D eigenvalue weighted by Crippen LogP contribution is -2.23. The molecule has 0 amide bonds. The summed E-state index contributed by atoms with van der Waals surface area (Å²) in [7, 11) is 1.68. The molecule has 0 saturated carbocycles. The first kappa shape index (κ1) is 15.5. The summed E-state index contributed by atoms with van der Waals surface area (Å²) in [6.07, 6.45) is 1.06. The molecule has 0 atom stereocenters. The smallest absolute Gasteiger partial charge is 0.123 e. The third-order valence-corrected chi connectivity index (χ3v) is 3.59. The van der Waals surface area contributed by atoms with Gasteiger partial charge in [-0.15, -0.1) is 0 Å². The number of nitrogens with two attached hydrogens (primary N) is 1. The maximum atomic E-state index is 6.11. The second-order valence-corrected chi connectivity index (χ2v) is 5.41. The minimum atomic E-state index is 0.722. The lowest BCUT2D eigenvalue weighted by molar-refractivity contribution is 0.409. The number of benzene rings is 2. The van der Waals surface area contributed by atoms with Crippen LogP contribution >= 0.6 is 11.6 Å². The van der Waals surface area contributed by atoms with Crippen LogP contribution in [0.1, 0.15) is 18.9 Å². The minimum Gasteiger partial charge on any atom is -0.496 e. The second-order valence-electron chi connectivity index (χ2n) is 4.97. The van der Waals surface area contributed by atoms with Crippen molar-refractivity contribution in [3.05, 3.63) is 53.1 Å². The average molecular weight is 305 g/mol. The van der Waals surface area contributed by atoms with Gasteiger partial charge in [-0.3, -0.25) is 0 Å². The van der Waals surface area contributed by atoms with Crippen LogP contribution in [0.4, 0.5) is 11.4 Å². The van der Waals surface area contributed by atoms with Gasteiger partial charge in [-0.25, -0.2) is 0 Å². The van der Waals surface area contributed by atoms with Crippen molar-refractivity contribution in [3.8, 4) is 5.75 Å². The maximum Gasteiger partial charge on any atom is 0.123 e. The van der Waals surface area contributed by atoms with Gasteiger partial charge in [0.25, 0.3) is 0 Å². The number of hydrogen-bond acceptors (Lipinski definition) is 3. The Morgan fingerprint density at radius 3 is 2.48 bits per heavy atom. The third kappa shape index (κ3) is 4.05. The van der Waals surface area contributed by atoms with E-state index in [2.05, 4.69) is 11.8 Å². The summed E-state index contributed by atoms with van der Waals surface area (Å²) >= 11 is 6.11. The SMILES string of the molecule is CCCN(Cc1cc(Cl)ccc1OC)c1ccc(N)cc1.